The van der Waals surface area contributed by atoms with E-state index in [4.69, 9.17) is 19.9 Å². The Hall–Kier alpha value is -3.53. The molecule has 1 radical (unpaired) electrons. The number of hydrogen-bond donors (Lipinski definition) is 0. The van der Waals surface area contributed by atoms with Crippen molar-refractivity contribution in [2.45, 2.75) is 89.9 Å². The second-order valence-electron chi connectivity index (χ2n) is 12.9. The van der Waals surface area contributed by atoms with Crippen LogP contribution in [0.4, 0.5) is 0 Å². The molecule has 2 heterocycles. The molecule has 0 amide bonds. The van der Waals surface area contributed by atoms with Gasteiger partial charge in [-0.2, -0.15) is 0 Å². The predicted molar refractivity (Wildman–Crippen MR) is 179 cm³/mol. The van der Waals surface area contributed by atoms with E-state index in [1.54, 1.807) is 0 Å². The molecule has 2 fully saturated rings. The summed E-state index contributed by atoms with van der Waals surface area (Å²) in [5, 5.41) is 0. The van der Waals surface area contributed by atoms with Gasteiger partial charge in [0, 0.05) is 43.7 Å². The van der Waals surface area contributed by atoms with Gasteiger partial charge in [-0.3, -0.25) is 0 Å². The first-order chi connectivity index (χ1) is 21.6. The number of benzene rings is 3. The summed E-state index contributed by atoms with van der Waals surface area (Å²) in [6.07, 6.45) is 14.4. The Bertz CT molecular complexity index is 1680. The molecule has 45 heavy (non-hydrogen) atoms. The average Bonchev–Trinajstić information content (AvgIpc) is 3.08. The van der Waals surface area contributed by atoms with Crippen molar-refractivity contribution in [1.29, 1.82) is 0 Å². The zero-order valence-electron chi connectivity index (χ0n) is 26.4. The maximum atomic E-state index is 5.09. The summed E-state index contributed by atoms with van der Waals surface area (Å²) in [5.41, 5.74) is 10.2. The van der Waals surface area contributed by atoms with Crippen molar-refractivity contribution in [3.63, 3.8) is 0 Å². The Kier molecular flexibility index (Phi) is 9.97. The molecule has 5 heteroatoms. The van der Waals surface area contributed by atoms with E-state index in [1.165, 1.54) is 92.0 Å². The van der Waals surface area contributed by atoms with Crippen LogP contribution in [0.25, 0.3) is 44.9 Å². The van der Waals surface area contributed by atoms with Gasteiger partial charge in [-0.1, -0.05) is 115 Å². The number of aryl methyl sites for hydroxylation is 2. The number of aromatic nitrogens is 4. The van der Waals surface area contributed by atoms with Gasteiger partial charge in [0.05, 0.1) is 0 Å². The molecule has 3 aromatic carbocycles. The third kappa shape index (κ3) is 7.16. The third-order valence-electron chi connectivity index (χ3n) is 9.49. The molecule has 0 bridgehead atoms. The zero-order valence-corrected chi connectivity index (χ0v) is 28.7. The van der Waals surface area contributed by atoms with Crippen LogP contribution < -0.4 is 0 Å². The van der Waals surface area contributed by atoms with Gasteiger partial charge in [-0.05, 0) is 56.4 Å². The molecule has 0 atom stereocenters. The van der Waals surface area contributed by atoms with Gasteiger partial charge < -0.3 is 4.98 Å². The van der Waals surface area contributed by atoms with Crippen molar-refractivity contribution >= 4 is 0 Å². The first kappa shape index (κ1) is 31.5. The van der Waals surface area contributed by atoms with Crippen molar-refractivity contribution in [3.05, 3.63) is 108 Å². The third-order valence-corrected chi connectivity index (χ3v) is 9.49. The summed E-state index contributed by atoms with van der Waals surface area (Å²) in [5.74, 6) is 3.69. The molecule has 0 saturated heterocycles. The zero-order chi connectivity index (χ0) is 29.9. The van der Waals surface area contributed by atoms with Crippen LogP contribution in [-0.2, 0) is 20.1 Å². The fraction of sp³-hybridized carbons (Fsp3) is 0.350. The molecule has 4 nitrogen and oxygen atoms in total. The van der Waals surface area contributed by atoms with Crippen LogP contribution in [0.15, 0.2) is 79.0 Å². The fourth-order valence-electron chi connectivity index (χ4n) is 7.18. The van der Waals surface area contributed by atoms with E-state index >= 15 is 0 Å². The van der Waals surface area contributed by atoms with Gasteiger partial charge in [0.2, 0.25) is 0 Å². The summed E-state index contributed by atoms with van der Waals surface area (Å²) >= 11 is 0. The standard InChI is InChI=1S/C40H41N4.Ir/c1-27-23-28(2)25-34(24-27)36-16-10-9-15-35(36)29-17-19-30(20-18-29)37-22-21-33(26-41-37)40-43-38(31-11-5-3-6-12-31)42-39(44-40)32-13-7-4-8-14-32;/h9-10,15-19,21-26,31-32H,3-8,11-14H2,1-2H3;/q-1;. The van der Waals surface area contributed by atoms with Gasteiger partial charge in [0.15, 0.2) is 5.82 Å². The number of rotatable bonds is 6. The second kappa shape index (κ2) is 14.3. The molecule has 0 unspecified atom stereocenters. The van der Waals surface area contributed by atoms with Gasteiger partial charge in [-0.25, -0.2) is 15.0 Å². The minimum absolute atomic E-state index is 0. The summed E-state index contributed by atoms with van der Waals surface area (Å²) in [4.78, 5) is 20.0. The van der Waals surface area contributed by atoms with Gasteiger partial charge in [0.1, 0.15) is 11.6 Å². The Morgan fingerprint density at radius 3 is 1.71 bits per heavy atom. The van der Waals surface area contributed by atoms with Gasteiger partial charge in [0.25, 0.3) is 0 Å². The summed E-state index contributed by atoms with van der Waals surface area (Å²) in [6, 6.07) is 29.5. The Balaban J connectivity index is 0.00000357. The monoisotopic (exact) mass is 770 g/mol. The van der Waals surface area contributed by atoms with Crippen molar-refractivity contribution in [3.8, 4) is 44.9 Å². The van der Waals surface area contributed by atoms with Gasteiger partial charge >= 0.3 is 0 Å². The maximum Gasteiger partial charge on any atom is 0.164 e. The predicted octanol–water partition coefficient (Wildman–Crippen LogP) is 10.4. The number of pyridine rings is 1. The number of hydrogen-bond acceptors (Lipinski definition) is 4. The Morgan fingerprint density at radius 1 is 0.600 bits per heavy atom. The van der Waals surface area contributed by atoms with Crippen molar-refractivity contribution < 1.29 is 20.1 Å². The van der Waals surface area contributed by atoms with E-state index in [1.807, 2.05) is 6.20 Å². The van der Waals surface area contributed by atoms with E-state index in [0.717, 1.165) is 39.9 Å². The van der Waals surface area contributed by atoms with Crippen molar-refractivity contribution in [2.75, 3.05) is 0 Å². The molecule has 0 aliphatic heterocycles. The first-order valence-electron chi connectivity index (χ1n) is 16.5. The van der Waals surface area contributed by atoms with E-state index < -0.39 is 0 Å². The van der Waals surface area contributed by atoms with Crippen LogP contribution in [0, 0.1) is 19.9 Å². The summed E-state index contributed by atoms with van der Waals surface area (Å²) in [6.45, 7) is 4.32. The van der Waals surface area contributed by atoms with Crippen LogP contribution in [0.5, 0.6) is 0 Å². The van der Waals surface area contributed by atoms with E-state index in [9.17, 15) is 0 Å². The Labute approximate surface area is 281 Å². The topological polar surface area (TPSA) is 51.6 Å². The SMILES string of the molecule is Cc1cc(C)cc(-c2ccccc2-c2c[c-]c(-c3ccc(-c4nc(C5CCCCC5)nc(C5CCCCC5)n4)cn3)cc2)c1.[Ir]. The fourth-order valence-corrected chi connectivity index (χ4v) is 7.18. The molecule has 0 N–H and O–H groups in total. The average molecular weight is 770 g/mol. The van der Waals surface area contributed by atoms with Crippen LogP contribution in [-0.4, -0.2) is 19.9 Å². The number of nitrogens with zero attached hydrogens (tertiary/aromatic N) is 4. The first-order valence-corrected chi connectivity index (χ1v) is 16.5. The summed E-state index contributed by atoms with van der Waals surface area (Å²) in [7, 11) is 0. The molecule has 231 valence electrons. The van der Waals surface area contributed by atoms with Crippen molar-refractivity contribution in [1.82, 2.24) is 19.9 Å². The van der Waals surface area contributed by atoms with Crippen LogP contribution >= 0.6 is 0 Å². The molecule has 2 aromatic heterocycles. The Morgan fingerprint density at radius 2 is 1.18 bits per heavy atom. The molecule has 0 spiro atoms. The van der Waals surface area contributed by atoms with Gasteiger partial charge in [-0.15, -0.1) is 29.8 Å². The smallest absolute Gasteiger partial charge is 0.164 e. The van der Waals surface area contributed by atoms with E-state index in [0.29, 0.717) is 11.8 Å². The maximum absolute atomic E-state index is 5.09. The molecule has 2 saturated carbocycles. The van der Waals surface area contributed by atoms with Crippen LogP contribution in [0.1, 0.15) is 98.8 Å². The molecule has 2 aliphatic carbocycles. The molecular formula is C40H41IrN4-. The van der Waals surface area contributed by atoms with Crippen LogP contribution in [0.3, 0.4) is 0 Å². The quantitative estimate of drug-likeness (QED) is 0.161. The van der Waals surface area contributed by atoms with Crippen LogP contribution in [0.2, 0.25) is 0 Å². The van der Waals surface area contributed by atoms with E-state index in [2.05, 4.69) is 92.7 Å². The largest absolute Gasteiger partial charge is 0.304 e. The molecular weight excluding hydrogens is 729 g/mol. The van der Waals surface area contributed by atoms with E-state index in [-0.39, 0.29) is 20.1 Å². The van der Waals surface area contributed by atoms with Crippen molar-refractivity contribution in [2.24, 2.45) is 0 Å². The minimum atomic E-state index is 0. The molecule has 7 rings (SSSR count). The second-order valence-corrected chi connectivity index (χ2v) is 12.9. The normalized spacial score (nSPS) is 15.9. The summed E-state index contributed by atoms with van der Waals surface area (Å²) < 4.78 is 0. The minimum Gasteiger partial charge on any atom is -0.304 e. The molecule has 2 aliphatic rings. The molecule has 5 aromatic rings.